The largest absolute Gasteiger partial charge is 0.466 e. The average Bonchev–Trinajstić information content (AvgIpc) is 3.17. The summed E-state index contributed by atoms with van der Waals surface area (Å²) in [5, 5.41) is 0. The van der Waals surface area contributed by atoms with Crippen LogP contribution in [0.25, 0.3) is 27.8 Å². The van der Waals surface area contributed by atoms with E-state index in [2.05, 4.69) is 4.98 Å². The van der Waals surface area contributed by atoms with Crippen LogP contribution in [-0.2, 0) is 25.8 Å². The molecule has 7 heteroatoms. The van der Waals surface area contributed by atoms with Crippen molar-refractivity contribution < 1.29 is 17.9 Å². The van der Waals surface area contributed by atoms with Gasteiger partial charge in [0, 0.05) is 11.9 Å². The fourth-order valence-electron chi connectivity index (χ4n) is 3.45. The van der Waals surface area contributed by atoms with E-state index in [0.29, 0.717) is 11.5 Å². The van der Waals surface area contributed by atoms with Crippen molar-refractivity contribution in [2.24, 2.45) is 0 Å². The lowest BCUT2D eigenvalue weighted by Gasteiger charge is -2.07. The van der Waals surface area contributed by atoms with E-state index in [-0.39, 0.29) is 12.4 Å². The molecule has 0 aliphatic heterocycles. The molecule has 0 amide bonds. The highest BCUT2D eigenvalue weighted by Gasteiger charge is 2.10. The summed E-state index contributed by atoms with van der Waals surface area (Å²) in [5.41, 5.74) is 5.51. The van der Waals surface area contributed by atoms with Gasteiger partial charge in [0.05, 0.1) is 29.0 Å². The molecule has 3 aromatic carbocycles. The number of hydrogen-bond donors (Lipinski definition) is 0. The van der Waals surface area contributed by atoms with Gasteiger partial charge in [-0.25, -0.2) is 13.4 Å². The van der Waals surface area contributed by atoms with Crippen molar-refractivity contribution in [1.82, 2.24) is 9.55 Å². The van der Waals surface area contributed by atoms with Crippen molar-refractivity contribution >= 4 is 26.8 Å². The third-order valence-corrected chi connectivity index (χ3v) is 6.16. The molecule has 0 saturated heterocycles. The topological polar surface area (TPSA) is 78.3 Å². The predicted octanol–water partition coefficient (Wildman–Crippen LogP) is 4.20. The summed E-state index contributed by atoms with van der Waals surface area (Å²) in [7, 11) is -3.22. The second kappa shape index (κ2) is 8.35. The molecule has 0 saturated carbocycles. The van der Waals surface area contributed by atoms with Crippen LogP contribution in [0, 0.1) is 0 Å². The Morgan fingerprint density at radius 1 is 0.968 bits per heavy atom. The van der Waals surface area contributed by atoms with E-state index in [9.17, 15) is 13.2 Å². The summed E-state index contributed by atoms with van der Waals surface area (Å²) in [5.74, 6) is -0.236. The van der Waals surface area contributed by atoms with Gasteiger partial charge in [-0.2, -0.15) is 0 Å². The second-order valence-corrected chi connectivity index (χ2v) is 9.28. The maximum atomic E-state index is 11.7. The van der Waals surface area contributed by atoms with Gasteiger partial charge in [0.2, 0.25) is 0 Å². The van der Waals surface area contributed by atoms with E-state index < -0.39 is 9.84 Å². The van der Waals surface area contributed by atoms with Crippen molar-refractivity contribution in [2.75, 3.05) is 12.9 Å². The number of imidazole rings is 1. The molecule has 6 nitrogen and oxygen atoms in total. The number of sulfone groups is 1. The second-order valence-electron chi connectivity index (χ2n) is 7.26. The SMILES string of the molecule is CCOC(=O)Cc1ccc(-n2cnc3cc(-c4ccc(S(C)(=O)=O)cc4)ccc32)cc1. The molecule has 0 aliphatic rings. The number of hydrogen-bond acceptors (Lipinski definition) is 5. The Balaban J connectivity index is 1.60. The first kappa shape index (κ1) is 20.8. The van der Waals surface area contributed by atoms with Crippen LogP contribution in [0.1, 0.15) is 12.5 Å². The Bertz CT molecular complexity index is 1340. The van der Waals surface area contributed by atoms with E-state index in [0.717, 1.165) is 33.4 Å². The summed E-state index contributed by atoms with van der Waals surface area (Å²) in [6.45, 7) is 2.17. The lowest BCUT2D eigenvalue weighted by atomic mass is 10.1. The van der Waals surface area contributed by atoms with Crippen LogP contribution < -0.4 is 0 Å². The summed E-state index contributed by atoms with van der Waals surface area (Å²) in [6.07, 6.45) is 3.21. The number of ether oxygens (including phenoxy) is 1. The number of carbonyl (C=O) groups is 1. The van der Waals surface area contributed by atoms with E-state index in [1.165, 1.54) is 6.26 Å². The first-order chi connectivity index (χ1) is 14.8. The summed E-state index contributed by atoms with van der Waals surface area (Å²) < 4.78 is 30.3. The van der Waals surface area contributed by atoms with Gasteiger partial charge in [0.25, 0.3) is 0 Å². The van der Waals surface area contributed by atoms with Gasteiger partial charge in [0.15, 0.2) is 9.84 Å². The van der Waals surface area contributed by atoms with Crippen molar-refractivity contribution in [1.29, 1.82) is 0 Å². The van der Waals surface area contributed by atoms with Crippen LogP contribution >= 0.6 is 0 Å². The van der Waals surface area contributed by atoms with E-state index in [4.69, 9.17) is 4.74 Å². The van der Waals surface area contributed by atoms with Crippen molar-refractivity contribution in [3.63, 3.8) is 0 Å². The van der Waals surface area contributed by atoms with Crippen LogP contribution in [0.4, 0.5) is 0 Å². The minimum absolute atomic E-state index is 0.236. The van der Waals surface area contributed by atoms with Gasteiger partial charge in [-0.1, -0.05) is 30.3 Å². The Morgan fingerprint density at radius 3 is 2.29 bits per heavy atom. The monoisotopic (exact) mass is 434 g/mol. The number of nitrogens with zero attached hydrogens (tertiary/aromatic N) is 2. The molecule has 0 aliphatic carbocycles. The Kier molecular flexibility index (Phi) is 5.61. The molecule has 31 heavy (non-hydrogen) atoms. The van der Waals surface area contributed by atoms with Gasteiger partial charge in [-0.3, -0.25) is 9.36 Å². The predicted molar refractivity (Wildman–Crippen MR) is 120 cm³/mol. The molecule has 0 bridgehead atoms. The third kappa shape index (κ3) is 4.51. The fourth-order valence-corrected chi connectivity index (χ4v) is 4.08. The van der Waals surface area contributed by atoms with Crippen LogP contribution in [-0.4, -0.2) is 36.8 Å². The van der Waals surface area contributed by atoms with E-state index in [1.54, 1.807) is 37.5 Å². The normalized spacial score (nSPS) is 11.5. The number of rotatable bonds is 6. The van der Waals surface area contributed by atoms with Gasteiger partial charge in [-0.05, 0) is 60.0 Å². The van der Waals surface area contributed by atoms with Gasteiger partial charge < -0.3 is 4.74 Å². The molecular weight excluding hydrogens is 412 g/mol. The molecule has 0 radical (unpaired) electrons. The lowest BCUT2D eigenvalue weighted by molar-refractivity contribution is -0.142. The number of aromatic nitrogens is 2. The molecule has 0 fully saturated rings. The maximum Gasteiger partial charge on any atom is 0.310 e. The van der Waals surface area contributed by atoms with Crippen LogP contribution in [0.5, 0.6) is 0 Å². The van der Waals surface area contributed by atoms with E-state index in [1.807, 2.05) is 47.0 Å². The average molecular weight is 435 g/mol. The van der Waals surface area contributed by atoms with Crippen molar-refractivity contribution in [3.8, 4) is 16.8 Å². The highest BCUT2D eigenvalue weighted by molar-refractivity contribution is 7.90. The Labute approximate surface area is 181 Å². The Hall–Kier alpha value is -3.45. The zero-order chi connectivity index (χ0) is 22.0. The van der Waals surface area contributed by atoms with Crippen molar-refractivity contribution in [2.45, 2.75) is 18.2 Å². The molecule has 1 aromatic heterocycles. The summed E-state index contributed by atoms with van der Waals surface area (Å²) in [4.78, 5) is 16.5. The van der Waals surface area contributed by atoms with Gasteiger partial charge in [0.1, 0.15) is 6.33 Å². The molecule has 0 spiro atoms. The molecule has 4 aromatic rings. The van der Waals surface area contributed by atoms with Crippen LogP contribution in [0.15, 0.2) is 78.0 Å². The standard InChI is InChI=1S/C24H22N2O4S/c1-3-30-24(27)14-17-4-9-20(10-5-17)26-16-25-22-15-19(8-13-23(22)26)18-6-11-21(12-7-18)31(2,28)29/h4-13,15-16H,3,14H2,1-2H3. The third-order valence-electron chi connectivity index (χ3n) is 5.03. The quantitative estimate of drug-likeness (QED) is 0.425. The smallest absolute Gasteiger partial charge is 0.310 e. The molecular formula is C24H22N2O4S. The van der Waals surface area contributed by atoms with Crippen LogP contribution in [0.3, 0.4) is 0 Å². The molecule has 0 N–H and O–H groups in total. The molecule has 158 valence electrons. The lowest BCUT2D eigenvalue weighted by Crippen LogP contribution is -2.07. The maximum absolute atomic E-state index is 11.7. The van der Waals surface area contributed by atoms with Gasteiger partial charge >= 0.3 is 5.97 Å². The number of benzene rings is 3. The zero-order valence-corrected chi connectivity index (χ0v) is 18.1. The van der Waals surface area contributed by atoms with Gasteiger partial charge in [-0.15, -0.1) is 0 Å². The molecule has 4 rings (SSSR count). The fraction of sp³-hybridized carbons (Fsp3) is 0.167. The van der Waals surface area contributed by atoms with E-state index >= 15 is 0 Å². The molecule has 0 unspecified atom stereocenters. The first-order valence-electron chi connectivity index (χ1n) is 9.87. The van der Waals surface area contributed by atoms with Crippen LogP contribution in [0.2, 0.25) is 0 Å². The minimum Gasteiger partial charge on any atom is -0.466 e. The zero-order valence-electron chi connectivity index (χ0n) is 17.3. The first-order valence-corrected chi connectivity index (χ1v) is 11.8. The van der Waals surface area contributed by atoms with Crippen molar-refractivity contribution in [3.05, 3.63) is 78.6 Å². The number of carbonyl (C=O) groups excluding carboxylic acids is 1. The summed E-state index contributed by atoms with van der Waals surface area (Å²) >= 11 is 0. The summed E-state index contributed by atoms with van der Waals surface area (Å²) in [6, 6.07) is 20.5. The number of fused-ring (bicyclic) bond motifs is 1. The number of esters is 1. The highest BCUT2D eigenvalue weighted by Crippen LogP contribution is 2.26. The Morgan fingerprint density at radius 2 is 1.65 bits per heavy atom. The highest BCUT2D eigenvalue weighted by atomic mass is 32.2. The molecule has 0 atom stereocenters. The minimum atomic E-state index is -3.22. The molecule has 1 heterocycles.